The number of rotatable bonds is 9. The topological polar surface area (TPSA) is 119 Å². The molecule has 0 spiro atoms. The summed E-state index contributed by atoms with van der Waals surface area (Å²) in [5.41, 5.74) is 8.24. The van der Waals surface area contributed by atoms with Crippen LogP contribution in [-0.4, -0.2) is 50.0 Å². The molecule has 2 heterocycles. The van der Waals surface area contributed by atoms with Crippen LogP contribution in [0.1, 0.15) is 41.4 Å². The third-order valence-electron chi connectivity index (χ3n) is 6.35. The van der Waals surface area contributed by atoms with E-state index in [4.69, 9.17) is 5.73 Å². The molecule has 1 aliphatic rings. The van der Waals surface area contributed by atoms with E-state index in [0.717, 1.165) is 37.1 Å². The molecule has 10 heteroatoms. The Morgan fingerprint density at radius 2 is 1.94 bits per heavy atom. The molecule has 2 atom stereocenters. The van der Waals surface area contributed by atoms with Gasteiger partial charge >= 0.3 is 0 Å². The van der Waals surface area contributed by atoms with Crippen molar-refractivity contribution in [3.8, 4) is 0 Å². The first-order valence-corrected chi connectivity index (χ1v) is 11.7. The number of amides is 2. The van der Waals surface area contributed by atoms with Crippen LogP contribution in [0.5, 0.6) is 0 Å². The van der Waals surface area contributed by atoms with E-state index in [9.17, 15) is 14.0 Å². The zero-order valence-electron chi connectivity index (χ0n) is 19.7. The molecule has 1 saturated heterocycles. The maximum absolute atomic E-state index is 13.7. The van der Waals surface area contributed by atoms with Gasteiger partial charge in [-0.1, -0.05) is 36.4 Å². The van der Waals surface area contributed by atoms with Gasteiger partial charge in [0.2, 0.25) is 11.8 Å². The van der Waals surface area contributed by atoms with Crippen molar-refractivity contribution in [3.05, 3.63) is 76.9 Å². The lowest BCUT2D eigenvalue weighted by Gasteiger charge is -2.31. The fraction of sp³-hybridized carbons (Fsp3) is 0.400. The van der Waals surface area contributed by atoms with Crippen LogP contribution >= 0.6 is 0 Å². The Labute approximate surface area is 203 Å². The number of carbonyl (C=O) groups is 2. The van der Waals surface area contributed by atoms with Crippen LogP contribution in [-0.2, 0) is 29.1 Å². The van der Waals surface area contributed by atoms with Gasteiger partial charge in [-0.15, -0.1) is 5.10 Å². The first-order chi connectivity index (χ1) is 16.9. The standard InChI is InChI=1S/C25H30FN7O2/c1-17-29-30-31-33(17)23(13-18-5-3-9-22(26)12-18)25(35)28-14-19-6-2-7-20(11-19)15-32-10-4-8-21(16-32)24(27)34/h2-3,5-7,9,11-12,21,23H,4,8,10,13-16H2,1H3,(H2,27,34)(H,28,35). The molecule has 0 bridgehead atoms. The maximum Gasteiger partial charge on any atom is 0.245 e. The van der Waals surface area contributed by atoms with Crippen molar-refractivity contribution in [1.82, 2.24) is 30.4 Å². The molecule has 0 saturated carbocycles. The number of halogens is 1. The number of nitrogens with one attached hydrogen (secondary N) is 1. The Balaban J connectivity index is 1.41. The monoisotopic (exact) mass is 479 g/mol. The quantitative estimate of drug-likeness (QED) is 0.484. The van der Waals surface area contributed by atoms with Crippen molar-refractivity contribution in [2.75, 3.05) is 13.1 Å². The zero-order valence-corrected chi connectivity index (χ0v) is 19.7. The molecule has 1 fully saturated rings. The van der Waals surface area contributed by atoms with Gasteiger partial charge in [0.25, 0.3) is 0 Å². The minimum absolute atomic E-state index is 0.101. The maximum atomic E-state index is 13.7. The smallest absolute Gasteiger partial charge is 0.245 e. The summed E-state index contributed by atoms with van der Waals surface area (Å²) in [7, 11) is 0. The average molecular weight is 480 g/mol. The van der Waals surface area contributed by atoms with Crippen LogP contribution in [0.25, 0.3) is 0 Å². The molecule has 2 unspecified atom stereocenters. The van der Waals surface area contributed by atoms with Gasteiger partial charge < -0.3 is 11.1 Å². The zero-order chi connectivity index (χ0) is 24.8. The second-order valence-electron chi connectivity index (χ2n) is 9.03. The minimum atomic E-state index is -0.714. The average Bonchev–Trinajstić information content (AvgIpc) is 3.27. The molecule has 184 valence electrons. The van der Waals surface area contributed by atoms with Gasteiger partial charge in [0.05, 0.1) is 5.92 Å². The van der Waals surface area contributed by atoms with E-state index in [-0.39, 0.29) is 30.0 Å². The number of hydrogen-bond acceptors (Lipinski definition) is 6. The van der Waals surface area contributed by atoms with Crippen LogP contribution in [0.3, 0.4) is 0 Å². The van der Waals surface area contributed by atoms with E-state index in [1.165, 1.54) is 16.8 Å². The highest BCUT2D eigenvalue weighted by Crippen LogP contribution is 2.19. The Morgan fingerprint density at radius 3 is 2.69 bits per heavy atom. The van der Waals surface area contributed by atoms with Crippen molar-refractivity contribution in [2.24, 2.45) is 11.7 Å². The van der Waals surface area contributed by atoms with Gasteiger partial charge in [-0.05, 0) is 65.6 Å². The van der Waals surface area contributed by atoms with Crippen LogP contribution in [0.4, 0.5) is 4.39 Å². The summed E-state index contributed by atoms with van der Waals surface area (Å²) in [6.45, 7) is 4.37. The van der Waals surface area contributed by atoms with Crippen molar-refractivity contribution >= 4 is 11.8 Å². The summed E-state index contributed by atoms with van der Waals surface area (Å²) in [5, 5.41) is 14.5. The number of piperidine rings is 1. The number of aromatic nitrogens is 4. The Morgan fingerprint density at radius 1 is 1.17 bits per heavy atom. The lowest BCUT2D eigenvalue weighted by molar-refractivity contribution is -0.125. The van der Waals surface area contributed by atoms with Crippen LogP contribution in [0, 0.1) is 18.7 Å². The number of nitrogens with zero attached hydrogens (tertiary/aromatic N) is 5. The number of likely N-dealkylation sites (tertiary alicyclic amines) is 1. The van der Waals surface area contributed by atoms with Crippen molar-refractivity contribution in [2.45, 2.75) is 45.3 Å². The molecule has 2 aromatic carbocycles. The number of tetrazole rings is 1. The number of carbonyl (C=O) groups excluding carboxylic acids is 2. The first-order valence-electron chi connectivity index (χ1n) is 11.7. The molecule has 4 rings (SSSR count). The van der Waals surface area contributed by atoms with E-state index in [2.05, 4.69) is 31.8 Å². The second kappa shape index (κ2) is 11.2. The molecular weight excluding hydrogens is 449 g/mol. The molecule has 0 aliphatic carbocycles. The van der Waals surface area contributed by atoms with Gasteiger partial charge in [-0.25, -0.2) is 9.07 Å². The minimum Gasteiger partial charge on any atom is -0.369 e. The van der Waals surface area contributed by atoms with E-state index in [1.54, 1.807) is 19.1 Å². The third-order valence-corrected chi connectivity index (χ3v) is 6.35. The van der Waals surface area contributed by atoms with Crippen LogP contribution in [0.15, 0.2) is 48.5 Å². The summed E-state index contributed by atoms with van der Waals surface area (Å²) in [5.74, 6) is -0.453. The number of hydrogen-bond donors (Lipinski definition) is 2. The lowest BCUT2D eigenvalue weighted by atomic mass is 9.97. The third kappa shape index (κ3) is 6.48. The van der Waals surface area contributed by atoms with Gasteiger partial charge in [-0.2, -0.15) is 0 Å². The molecule has 1 aromatic heterocycles. The fourth-order valence-corrected chi connectivity index (χ4v) is 4.54. The molecular formula is C25H30FN7O2. The molecule has 2 amide bonds. The van der Waals surface area contributed by atoms with Crippen molar-refractivity contribution in [1.29, 1.82) is 0 Å². The van der Waals surface area contributed by atoms with Crippen molar-refractivity contribution in [3.63, 3.8) is 0 Å². The normalized spacial score (nSPS) is 17.1. The predicted octanol–water partition coefficient (Wildman–Crippen LogP) is 1.92. The van der Waals surface area contributed by atoms with Crippen molar-refractivity contribution < 1.29 is 14.0 Å². The summed E-state index contributed by atoms with van der Waals surface area (Å²) < 4.78 is 15.2. The van der Waals surface area contributed by atoms with Gasteiger partial charge in [-0.3, -0.25) is 14.5 Å². The van der Waals surface area contributed by atoms with E-state index >= 15 is 0 Å². The van der Waals surface area contributed by atoms with Gasteiger partial charge in [0.1, 0.15) is 17.7 Å². The predicted molar refractivity (Wildman–Crippen MR) is 127 cm³/mol. The SMILES string of the molecule is Cc1nnnn1C(Cc1cccc(F)c1)C(=O)NCc1cccc(CN2CCCC(C(N)=O)C2)c1. The summed E-state index contributed by atoms with van der Waals surface area (Å²) in [6.07, 6.45) is 2.05. The van der Waals surface area contributed by atoms with E-state index < -0.39 is 6.04 Å². The molecule has 3 aromatic rings. The van der Waals surface area contributed by atoms with Gasteiger partial charge in [0, 0.05) is 26.1 Å². The molecule has 3 N–H and O–H groups in total. The summed E-state index contributed by atoms with van der Waals surface area (Å²) in [4.78, 5) is 27.0. The van der Waals surface area contributed by atoms with Crippen LogP contribution < -0.4 is 11.1 Å². The molecule has 9 nitrogen and oxygen atoms in total. The largest absolute Gasteiger partial charge is 0.369 e. The van der Waals surface area contributed by atoms with E-state index in [1.807, 2.05) is 18.2 Å². The number of nitrogens with two attached hydrogens (primary N) is 1. The van der Waals surface area contributed by atoms with Gasteiger partial charge in [0.15, 0.2) is 0 Å². The Hall–Kier alpha value is -3.66. The lowest BCUT2D eigenvalue weighted by Crippen LogP contribution is -2.40. The molecule has 0 radical (unpaired) electrons. The number of benzene rings is 2. The highest BCUT2D eigenvalue weighted by molar-refractivity contribution is 5.80. The number of aryl methyl sites for hydroxylation is 1. The Kier molecular flexibility index (Phi) is 7.81. The summed E-state index contributed by atoms with van der Waals surface area (Å²) >= 11 is 0. The summed E-state index contributed by atoms with van der Waals surface area (Å²) in [6, 6.07) is 13.5. The highest BCUT2D eigenvalue weighted by atomic mass is 19.1. The first kappa shape index (κ1) is 24.5. The second-order valence-corrected chi connectivity index (χ2v) is 9.03. The number of primary amides is 1. The molecule has 35 heavy (non-hydrogen) atoms. The Bertz CT molecular complexity index is 1180. The molecule has 1 aliphatic heterocycles. The highest BCUT2D eigenvalue weighted by Gasteiger charge is 2.25. The van der Waals surface area contributed by atoms with E-state index in [0.29, 0.717) is 24.5 Å². The van der Waals surface area contributed by atoms with Crippen LogP contribution in [0.2, 0.25) is 0 Å². The fourth-order valence-electron chi connectivity index (χ4n) is 4.54.